The van der Waals surface area contributed by atoms with Crippen molar-refractivity contribution in [2.24, 2.45) is 0 Å². The number of likely N-dealkylation sites (N-methyl/N-ethyl adjacent to an activating group) is 1. The van der Waals surface area contributed by atoms with E-state index < -0.39 is 0 Å². The van der Waals surface area contributed by atoms with Crippen LogP contribution in [0.5, 0.6) is 5.75 Å². The standard InChI is InChI=1S/C15H19N3O/c1-11-5-4-6-13(7-11)15-17-8-14(9-18-15)19-10-12(2)16-3/h4-9,12,16H,10H2,1-3H3. The molecule has 0 saturated heterocycles. The molecule has 1 unspecified atom stereocenters. The van der Waals surface area contributed by atoms with Gasteiger partial charge in [-0.3, -0.25) is 0 Å². The van der Waals surface area contributed by atoms with E-state index in [0.29, 0.717) is 18.4 Å². The van der Waals surface area contributed by atoms with Gasteiger partial charge in [-0.25, -0.2) is 9.97 Å². The molecule has 4 heteroatoms. The molecule has 2 rings (SSSR count). The third-order valence-electron chi connectivity index (χ3n) is 2.90. The largest absolute Gasteiger partial charge is 0.489 e. The monoisotopic (exact) mass is 257 g/mol. The molecule has 0 aliphatic carbocycles. The van der Waals surface area contributed by atoms with E-state index in [2.05, 4.69) is 41.3 Å². The molecule has 0 saturated carbocycles. The van der Waals surface area contributed by atoms with E-state index in [-0.39, 0.29) is 0 Å². The Hall–Kier alpha value is -1.94. The summed E-state index contributed by atoms with van der Waals surface area (Å²) in [7, 11) is 1.91. The van der Waals surface area contributed by atoms with Crippen LogP contribution in [0.2, 0.25) is 0 Å². The Morgan fingerprint density at radius 3 is 2.63 bits per heavy atom. The second kappa shape index (κ2) is 6.29. The van der Waals surface area contributed by atoms with Crippen LogP contribution < -0.4 is 10.1 Å². The van der Waals surface area contributed by atoms with Crippen LogP contribution in [-0.4, -0.2) is 29.7 Å². The van der Waals surface area contributed by atoms with Crippen LogP contribution in [0.3, 0.4) is 0 Å². The van der Waals surface area contributed by atoms with Gasteiger partial charge >= 0.3 is 0 Å². The molecule has 1 aromatic carbocycles. The first-order chi connectivity index (χ1) is 9.19. The van der Waals surface area contributed by atoms with Crippen LogP contribution in [0.25, 0.3) is 11.4 Å². The van der Waals surface area contributed by atoms with Gasteiger partial charge < -0.3 is 10.1 Å². The minimum atomic E-state index is 0.302. The topological polar surface area (TPSA) is 47.0 Å². The van der Waals surface area contributed by atoms with Gasteiger partial charge in [0.25, 0.3) is 0 Å². The number of benzene rings is 1. The van der Waals surface area contributed by atoms with Crippen molar-refractivity contribution in [3.8, 4) is 17.1 Å². The van der Waals surface area contributed by atoms with Gasteiger partial charge in [-0.1, -0.05) is 23.8 Å². The van der Waals surface area contributed by atoms with Gasteiger partial charge in [0, 0.05) is 11.6 Å². The van der Waals surface area contributed by atoms with Gasteiger partial charge in [-0.2, -0.15) is 0 Å². The summed E-state index contributed by atoms with van der Waals surface area (Å²) in [5.74, 6) is 1.41. The van der Waals surface area contributed by atoms with Gasteiger partial charge in [-0.05, 0) is 27.0 Å². The number of ether oxygens (including phenoxy) is 1. The van der Waals surface area contributed by atoms with E-state index in [4.69, 9.17) is 4.74 Å². The molecule has 4 nitrogen and oxygen atoms in total. The minimum Gasteiger partial charge on any atom is -0.489 e. The predicted octanol–water partition coefficient (Wildman–Crippen LogP) is 2.44. The summed E-state index contributed by atoms with van der Waals surface area (Å²) in [6.45, 7) is 4.71. The van der Waals surface area contributed by atoms with Crippen LogP contribution in [0.4, 0.5) is 0 Å². The highest BCUT2D eigenvalue weighted by atomic mass is 16.5. The molecule has 1 aromatic heterocycles. The first-order valence-corrected chi connectivity index (χ1v) is 6.38. The van der Waals surface area contributed by atoms with Crippen molar-refractivity contribution >= 4 is 0 Å². The third kappa shape index (κ3) is 3.76. The second-order valence-electron chi connectivity index (χ2n) is 4.61. The Morgan fingerprint density at radius 2 is 2.00 bits per heavy atom. The zero-order valence-corrected chi connectivity index (χ0v) is 11.6. The maximum absolute atomic E-state index is 5.59. The van der Waals surface area contributed by atoms with Crippen molar-refractivity contribution in [1.29, 1.82) is 0 Å². The van der Waals surface area contributed by atoms with Crippen molar-refractivity contribution in [2.75, 3.05) is 13.7 Å². The SMILES string of the molecule is CNC(C)COc1cnc(-c2cccc(C)c2)nc1. The molecule has 19 heavy (non-hydrogen) atoms. The fraction of sp³-hybridized carbons (Fsp3) is 0.333. The van der Waals surface area contributed by atoms with E-state index in [1.165, 1.54) is 5.56 Å². The molecule has 1 atom stereocenters. The molecule has 0 radical (unpaired) electrons. The summed E-state index contributed by atoms with van der Waals surface area (Å²) in [6, 6.07) is 8.44. The fourth-order valence-corrected chi connectivity index (χ4v) is 1.63. The van der Waals surface area contributed by atoms with Gasteiger partial charge in [0.2, 0.25) is 0 Å². The molecular formula is C15H19N3O. The summed E-state index contributed by atoms with van der Waals surface area (Å²) in [5.41, 5.74) is 2.22. The lowest BCUT2D eigenvalue weighted by Gasteiger charge is -2.11. The molecule has 0 aliphatic rings. The van der Waals surface area contributed by atoms with Crippen LogP contribution in [0, 0.1) is 6.92 Å². The number of nitrogens with one attached hydrogen (secondary N) is 1. The molecule has 0 amide bonds. The summed E-state index contributed by atoms with van der Waals surface area (Å²) < 4.78 is 5.59. The molecule has 1 N–H and O–H groups in total. The van der Waals surface area contributed by atoms with E-state index in [9.17, 15) is 0 Å². The Bertz CT molecular complexity index is 525. The van der Waals surface area contributed by atoms with Crippen molar-refractivity contribution in [3.05, 3.63) is 42.2 Å². The Kier molecular flexibility index (Phi) is 4.47. The number of nitrogens with zero attached hydrogens (tertiary/aromatic N) is 2. The molecular weight excluding hydrogens is 238 g/mol. The van der Waals surface area contributed by atoms with Crippen molar-refractivity contribution in [3.63, 3.8) is 0 Å². The summed E-state index contributed by atoms with van der Waals surface area (Å²) in [4.78, 5) is 8.67. The Balaban J connectivity index is 2.06. The first kappa shape index (κ1) is 13.5. The summed E-state index contributed by atoms with van der Waals surface area (Å²) in [5, 5.41) is 3.11. The Morgan fingerprint density at radius 1 is 1.26 bits per heavy atom. The number of rotatable bonds is 5. The van der Waals surface area contributed by atoms with Crippen molar-refractivity contribution in [1.82, 2.24) is 15.3 Å². The summed E-state index contributed by atoms with van der Waals surface area (Å²) in [6.07, 6.45) is 3.43. The Labute approximate surface area is 113 Å². The first-order valence-electron chi connectivity index (χ1n) is 6.38. The molecule has 100 valence electrons. The molecule has 2 aromatic rings. The molecule has 0 aliphatic heterocycles. The zero-order chi connectivity index (χ0) is 13.7. The normalized spacial score (nSPS) is 12.2. The van der Waals surface area contributed by atoms with Gasteiger partial charge in [0.15, 0.2) is 11.6 Å². The predicted molar refractivity (Wildman–Crippen MR) is 76.2 cm³/mol. The maximum Gasteiger partial charge on any atom is 0.159 e. The number of hydrogen-bond donors (Lipinski definition) is 1. The average molecular weight is 257 g/mol. The van der Waals surface area contributed by atoms with Crippen molar-refractivity contribution < 1.29 is 4.74 Å². The lowest BCUT2D eigenvalue weighted by atomic mass is 10.1. The highest BCUT2D eigenvalue weighted by molar-refractivity contribution is 5.55. The van der Waals surface area contributed by atoms with E-state index in [0.717, 1.165) is 11.4 Å². The smallest absolute Gasteiger partial charge is 0.159 e. The van der Waals surface area contributed by atoms with Crippen LogP contribution in [-0.2, 0) is 0 Å². The molecule has 0 bridgehead atoms. The van der Waals surface area contributed by atoms with Gasteiger partial charge in [0.05, 0.1) is 12.4 Å². The molecule has 0 fully saturated rings. The minimum absolute atomic E-state index is 0.302. The van der Waals surface area contributed by atoms with Crippen molar-refractivity contribution in [2.45, 2.75) is 19.9 Å². The zero-order valence-electron chi connectivity index (χ0n) is 11.6. The fourth-order valence-electron chi connectivity index (χ4n) is 1.63. The van der Waals surface area contributed by atoms with E-state index in [1.54, 1.807) is 12.4 Å². The maximum atomic E-state index is 5.59. The summed E-state index contributed by atoms with van der Waals surface area (Å²) >= 11 is 0. The van der Waals surface area contributed by atoms with Gasteiger partial charge in [-0.15, -0.1) is 0 Å². The van der Waals surface area contributed by atoms with Crippen LogP contribution in [0.1, 0.15) is 12.5 Å². The number of aromatic nitrogens is 2. The highest BCUT2D eigenvalue weighted by Gasteiger charge is 2.03. The highest BCUT2D eigenvalue weighted by Crippen LogP contribution is 2.17. The van der Waals surface area contributed by atoms with E-state index >= 15 is 0 Å². The second-order valence-corrected chi connectivity index (χ2v) is 4.61. The average Bonchev–Trinajstić information content (AvgIpc) is 2.45. The lowest BCUT2D eigenvalue weighted by Crippen LogP contribution is -2.28. The third-order valence-corrected chi connectivity index (χ3v) is 2.90. The quantitative estimate of drug-likeness (QED) is 0.893. The molecule has 0 spiro atoms. The van der Waals surface area contributed by atoms with Gasteiger partial charge in [0.1, 0.15) is 6.61 Å². The van der Waals surface area contributed by atoms with Crippen LogP contribution >= 0.6 is 0 Å². The molecule has 1 heterocycles. The van der Waals surface area contributed by atoms with Crippen LogP contribution in [0.15, 0.2) is 36.7 Å². The van der Waals surface area contributed by atoms with E-state index in [1.807, 2.05) is 19.2 Å². The number of hydrogen-bond acceptors (Lipinski definition) is 4. The number of aryl methyl sites for hydroxylation is 1. The lowest BCUT2D eigenvalue weighted by molar-refractivity contribution is 0.278.